The molecule has 0 spiro atoms. The van der Waals surface area contributed by atoms with E-state index < -0.39 is 0 Å². The fourth-order valence-electron chi connectivity index (χ4n) is 5.34. The first-order valence-electron chi connectivity index (χ1n) is 13.9. The normalized spacial score (nSPS) is 13.8. The van der Waals surface area contributed by atoms with Crippen LogP contribution in [0.1, 0.15) is 49.7 Å². The van der Waals surface area contributed by atoms with Gasteiger partial charge in [-0.05, 0) is 78.3 Å². The Labute approximate surface area is 235 Å². The largest absolute Gasteiger partial charge is 0.497 e. The molecule has 6 heteroatoms. The average Bonchev–Trinajstić information content (AvgIpc) is 2.98. The van der Waals surface area contributed by atoms with Gasteiger partial charge in [0, 0.05) is 35.5 Å². The highest BCUT2D eigenvalue weighted by atomic mass is 35.5. The van der Waals surface area contributed by atoms with Crippen molar-refractivity contribution in [1.82, 2.24) is 10.3 Å². The molecule has 1 heterocycles. The molecule has 1 aliphatic carbocycles. The van der Waals surface area contributed by atoms with Crippen LogP contribution in [0.4, 0.5) is 5.82 Å². The van der Waals surface area contributed by atoms with Gasteiger partial charge in [-0.1, -0.05) is 67.3 Å². The van der Waals surface area contributed by atoms with E-state index >= 15 is 0 Å². The fraction of sp³-hybridized carbons (Fsp3) is 0.333. The number of amides is 1. The quantitative estimate of drug-likeness (QED) is 0.215. The SMILES string of the molecule is COc1ccc(CNc2nc3ccc(-c4ccccc4Cl)cc3cc2CCC(=O)NCC2CCCCC2)cc1. The zero-order valence-corrected chi connectivity index (χ0v) is 23.3. The zero-order valence-electron chi connectivity index (χ0n) is 22.5. The smallest absolute Gasteiger partial charge is 0.220 e. The van der Waals surface area contributed by atoms with Crippen molar-refractivity contribution in [3.8, 4) is 16.9 Å². The second kappa shape index (κ2) is 13.0. The lowest BCUT2D eigenvalue weighted by Crippen LogP contribution is -2.30. The molecule has 5 rings (SSSR count). The van der Waals surface area contributed by atoms with Gasteiger partial charge in [0.05, 0.1) is 12.6 Å². The molecule has 0 atom stereocenters. The lowest BCUT2D eigenvalue weighted by atomic mass is 9.89. The molecule has 1 fully saturated rings. The Morgan fingerprint density at radius 3 is 2.56 bits per heavy atom. The number of nitrogens with zero attached hydrogens (tertiary/aromatic N) is 1. The van der Waals surface area contributed by atoms with Crippen LogP contribution in [0.25, 0.3) is 22.0 Å². The van der Waals surface area contributed by atoms with Crippen molar-refractivity contribution in [3.63, 3.8) is 0 Å². The fourth-order valence-corrected chi connectivity index (χ4v) is 5.59. The first kappa shape index (κ1) is 27.0. The van der Waals surface area contributed by atoms with Crippen molar-refractivity contribution < 1.29 is 9.53 Å². The van der Waals surface area contributed by atoms with Gasteiger partial charge in [-0.3, -0.25) is 4.79 Å². The number of nitrogens with one attached hydrogen (secondary N) is 2. The lowest BCUT2D eigenvalue weighted by Gasteiger charge is -2.21. The maximum absolute atomic E-state index is 12.8. The number of anilines is 1. The molecule has 0 unspecified atom stereocenters. The summed E-state index contributed by atoms with van der Waals surface area (Å²) in [5.74, 6) is 2.36. The third-order valence-electron chi connectivity index (χ3n) is 7.63. The summed E-state index contributed by atoms with van der Waals surface area (Å²) < 4.78 is 5.28. The predicted octanol–water partition coefficient (Wildman–Crippen LogP) is 7.81. The molecule has 1 aliphatic rings. The Hall–Kier alpha value is -3.57. The lowest BCUT2D eigenvalue weighted by molar-refractivity contribution is -0.121. The number of ether oxygens (including phenoxy) is 1. The van der Waals surface area contributed by atoms with E-state index in [4.69, 9.17) is 21.3 Å². The van der Waals surface area contributed by atoms with Gasteiger partial charge >= 0.3 is 0 Å². The van der Waals surface area contributed by atoms with Crippen LogP contribution in [0.5, 0.6) is 5.75 Å². The Morgan fingerprint density at radius 1 is 1.00 bits per heavy atom. The van der Waals surface area contributed by atoms with E-state index in [0.29, 0.717) is 25.3 Å². The third kappa shape index (κ3) is 7.10. The number of rotatable bonds is 10. The molecule has 5 nitrogen and oxygen atoms in total. The van der Waals surface area contributed by atoms with E-state index in [-0.39, 0.29) is 5.91 Å². The number of aromatic nitrogens is 1. The number of pyridine rings is 1. The molecule has 0 bridgehead atoms. The Morgan fingerprint density at radius 2 is 1.79 bits per heavy atom. The van der Waals surface area contributed by atoms with Crippen LogP contribution < -0.4 is 15.4 Å². The summed E-state index contributed by atoms with van der Waals surface area (Å²) in [6, 6.07) is 24.2. The van der Waals surface area contributed by atoms with Crippen LogP contribution in [0, 0.1) is 5.92 Å². The number of benzene rings is 3. The molecule has 1 amide bonds. The number of fused-ring (bicyclic) bond motifs is 1. The van der Waals surface area contributed by atoms with E-state index in [2.05, 4.69) is 28.8 Å². The first-order valence-corrected chi connectivity index (χ1v) is 14.3. The Bertz CT molecular complexity index is 1410. The molecular weight excluding hydrogens is 506 g/mol. The molecule has 4 aromatic rings. The zero-order chi connectivity index (χ0) is 27.0. The van der Waals surface area contributed by atoms with E-state index in [1.807, 2.05) is 54.6 Å². The topological polar surface area (TPSA) is 63.2 Å². The summed E-state index contributed by atoms with van der Waals surface area (Å²) >= 11 is 6.48. The predicted molar refractivity (Wildman–Crippen MR) is 160 cm³/mol. The van der Waals surface area contributed by atoms with Gasteiger partial charge in [-0.15, -0.1) is 0 Å². The average molecular weight is 542 g/mol. The van der Waals surface area contributed by atoms with Crippen molar-refractivity contribution in [2.24, 2.45) is 5.92 Å². The minimum Gasteiger partial charge on any atom is -0.497 e. The highest BCUT2D eigenvalue weighted by molar-refractivity contribution is 6.33. The van der Waals surface area contributed by atoms with Gasteiger partial charge in [0.15, 0.2) is 0 Å². The minimum atomic E-state index is 0.103. The third-order valence-corrected chi connectivity index (χ3v) is 7.96. The number of carbonyl (C=O) groups is 1. The summed E-state index contributed by atoms with van der Waals surface area (Å²) in [7, 11) is 1.67. The van der Waals surface area contributed by atoms with Gasteiger partial charge in [-0.25, -0.2) is 4.98 Å². The summed E-state index contributed by atoms with van der Waals surface area (Å²) in [5.41, 5.74) is 5.09. The van der Waals surface area contributed by atoms with Crippen molar-refractivity contribution in [2.75, 3.05) is 19.0 Å². The molecule has 3 aromatic carbocycles. The second-order valence-corrected chi connectivity index (χ2v) is 10.8. The monoisotopic (exact) mass is 541 g/mol. The van der Waals surface area contributed by atoms with Gasteiger partial charge in [0.2, 0.25) is 5.91 Å². The Balaban J connectivity index is 1.36. The molecule has 1 saturated carbocycles. The Kier molecular flexibility index (Phi) is 9.00. The van der Waals surface area contributed by atoms with E-state index in [1.165, 1.54) is 32.1 Å². The van der Waals surface area contributed by atoms with Crippen molar-refractivity contribution in [1.29, 1.82) is 0 Å². The summed E-state index contributed by atoms with van der Waals surface area (Å²) in [6.07, 6.45) is 7.38. The van der Waals surface area contributed by atoms with Crippen LogP contribution in [-0.2, 0) is 17.8 Å². The van der Waals surface area contributed by atoms with E-state index in [0.717, 1.165) is 56.3 Å². The van der Waals surface area contributed by atoms with Crippen molar-refractivity contribution >= 4 is 34.2 Å². The first-order chi connectivity index (χ1) is 19.1. The molecule has 0 radical (unpaired) electrons. The number of aryl methyl sites for hydroxylation is 1. The van der Waals surface area contributed by atoms with E-state index in [1.54, 1.807) is 7.11 Å². The van der Waals surface area contributed by atoms with E-state index in [9.17, 15) is 4.79 Å². The molecular formula is C33H36ClN3O2. The summed E-state index contributed by atoms with van der Waals surface area (Å²) in [5, 5.41) is 8.44. The second-order valence-electron chi connectivity index (χ2n) is 10.4. The van der Waals surface area contributed by atoms with Crippen LogP contribution in [0.3, 0.4) is 0 Å². The standard InChI is InChI=1S/C33H36ClN3O2/c1-39-28-15-11-24(12-16-28)22-36-33-26(14-18-32(38)35-21-23-7-3-2-4-8-23)20-27-19-25(13-17-31(27)37-33)29-9-5-6-10-30(29)34/h5-6,9-13,15-17,19-20,23H,2-4,7-8,14,18,21-22H2,1H3,(H,35,38)(H,36,37). The molecule has 0 saturated heterocycles. The number of hydrogen-bond acceptors (Lipinski definition) is 4. The maximum atomic E-state index is 12.8. The van der Waals surface area contributed by atoms with Gasteiger partial charge in [0.25, 0.3) is 0 Å². The van der Waals surface area contributed by atoms with Gasteiger partial charge in [0.1, 0.15) is 11.6 Å². The van der Waals surface area contributed by atoms with Crippen LogP contribution in [0.15, 0.2) is 72.8 Å². The number of carbonyl (C=O) groups excluding carboxylic acids is 1. The van der Waals surface area contributed by atoms with Crippen LogP contribution in [-0.4, -0.2) is 24.5 Å². The molecule has 2 N–H and O–H groups in total. The number of hydrogen-bond donors (Lipinski definition) is 2. The number of halogens is 1. The van der Waals surface area contributed by atoms with Gasteiger partial charge in [-0.2, -0.15) is 0 Å². The van der Waals surface area contributed by atoms with Crippen LogP contribution >= 0.6 is 11.6 Å². The molecule has 39 heavy (non-hydrogen) atoms. The maximum Gasteiger partial charge on any atom is 0.220 e. The highest BCUT2D eigenvalue weighted by Gasteiger charge is 2.15. The summed E-state index contributed by atoms with van der Waals surface area (Å²) in [6.45, 7) is 1.42. The minimum absolute atomic E-state index is 0.103. The number of methoxy groups -OCH3 is 1. The highest BCUT2D eigenvalue weighted by Crippen LogP contribution is 2.31. The van der Waals surface area contributed by atoms with Crippen molar-refractivity contribution in [3.05, 3.63) is 88.9 Å². The van der Waals surface area contributed by atoms with Crippen molar-refractivity contribution in [2.45, 2.75) is 51.5 Å². The molecule has 0 aliphatic heterocycles. The van der Waals surface area contributed by atoms with Gasteiger partial charge < -0.3 is 15.4 Å². The van der Waals surface area contributed by atoms with Crippen LogP contribution in [0.2, 0.25) is 5.02 Å². The molecule has 202 valence electrons. The molecule has 1 aromatic heterocycles. The summed E-state index contributed by atoms with van der Waals surface area (Å²) in [4.78, 5) is 17.7.